The van der Waals surface area contributed by atoms with Gasteiger partial charge in [-0.2, -0.15) is 8.42 Å². The van der Waals surface area contributed by atoms with Crippen LogP contribution in [0.4, 0.5) is 0 Å². The molecule has 1 heterocycles. The zero-order valence-electron chi connectivity index (χ0n) is 4.44. The molecule has 9 heavy (non-hydrogen) atoms. The molecule has 0 saturated carbocycles. The third-order valence-electron chi connectivity index (χ3n) is 0.778. The molecule has 1 aliphatic rings. The molecule has 0 aromatic carbocycles. The normalized spacial score (nSPS) is 19.0. The fourth-order valence-electron chi connectivity index (χ4n) is 0.472. The van der Waals surface area contributed by atoms with Crippen molar-refractivity contribution >= 4 is 15.3 Å². The molecule has 0 saturated heterocycles. The summed E-state index contributed by atoms with van der Waals surface area (Å²) in [5.74, 6) is 0. The molecule has 0 aliphatic carbocycles. The average Bonchev–Trinajstić information content (AvgIpc) is 2.08. The van der Waals surface area contributed by atoms with Crippen LogP contribution in [0.1, 0.15) is 0 Å². The summed E-state index contributed by atoms with van der Waals surface area (Å²) < 4.78 is 32.9. The minimum Gasteiger partial charge on any atom is -0.466 e. The molecule has 0 amide bonds. The predicted molar refractivity (Wildman–Crippen MR) is 29.8 cm³/mol. The highest BCUT2D eigenvalue weighted by molar-refractivity contribution is 8.01. The van der Waals surface area contributed by atoms with Crippen molar-refractivity contribution in [1.82, 2.24) is 0 Å². The van der Waals surface area contributed by atoms with E-state index < -0.39 is 15.3 Å². The van der Waals surface area contributed by atoms with Gasteiger partial charge >= 0.3 is 15.3 Å². The molecule has 0 unspecified atom stereocenters. The second kappa shape index (κ2) is 1.96. The smallest absolute Gasteiger partial charge is 0.346 e. The van der Waals surface area contributed by atoms with E-state index in [4.69, 9.17) is 4.55 Å². The van der Waals surface area contributed by atoms with Crippen molar-refractivity contribution in [2.75, 3.05) is 13.2 Å². The van der Waals surface area contributed by atoms with E-state index in [-0.39, 0.29) is 6.61 Å². The summed E-state index contributed by atoms with van der Waals surface area (Å²) in [4.78, 5) is 3.36. The van der Waals surface area contributed by atoms with Gasteiger partial charge in [0.05, 0.1) is 6.54 Å². The van der Waals surface area contributed by atoms with Crippen LogP contribution in [0.2, 0.25) is 0 Å². The number of nitrogens with zero attached hydrogens (tertiary/aromatic N) is 1. The molecule has 0 fully saturated rings. The molecule has 1 aliphatic heterocycles. The van der Waals surface area contributed by atoms with Gasteiger partial charge in [-0.25, -0.2) is 4.99 Å². The van der Waals surface area contributed by atoms with Crippen molar-refractivity contribution in [3.63, 3.8) is 0 Å². The summed E-state index contributed by atoms with van der Waals surface area (Å²) in [6.45, 7) is 0.532. The van der Waals surface area contributed by atoms with Crippen molar-refractivity contribution in [2.24, 2.45) is 4.99 Å². The molecule has 0 radical (unpaired) electrons. The van der Waals surface area contributed by atoms with Gasteiger partial charge in [-0.1, -0.05) is 0 Å². The van der Waals surface area contributed by atoms with Crippen LogP contribution in [-0.2, 0) is 14.9 Å². The first-order valence-electron chi connectivity index (χ1n) is 2.25. The number of ether oxygens (including phenoxy) is 1. The van der Waals surface area contributed by atoms with Crippen molar-refractivity contribution < 1.29 is 17.7 Å². The molecule has 5 nitrogen and oxygen atoms in total. The third kappa shape index (κ3) is 1.39. The van der Waals surface area contributed by atoms with Gasteiger partial charge in [-0.15, -0.1) is 0 Å². The second-order valence-electron chi connectivity index (χ2n) is 1.47. The van der Waals surface area contributed by atoms with Crippen molar-refractivity contribution in [2.45, 2.75) is 0 Å². The monoisotopic (exact) mass is 151 g/mol. The first-order valence-corrected chi connectivity index (χ1v) is 3.69. The molecule has 0 aromatic rings. The number of hydrogen-bond donors (Lipinski definition) is 1. The van der Waals surface area contributed by atoms with E-state index >= 15 is 0 Å². The SMILES string of the molecule is O=S(=O)(O)C1=NCCO1. The lowest BCUT2D eigenvalue weighted by Gasteiger charge is -1.92. The van der Waals surface area contributed by atoms with Crippen LogP contribution in [0, 0.1) is 0 Å². The number of aliphatic imine (C=N–C) groups is 1. The van der Waals surface area contributed by atoms with E-state index in [1.807, 2.05) is 0 Å². The van der Waals surface area contributed by atoms with E-state index in [2.05, 4.69) is 9.73 Å². The summed E-state index contributed by atoms with van der Waals surface area (Å²) >= 11 is 0. The van der Waals surface area contributed by atoms with Gasteiger partial charge < -0.3 is 4.74 Å². The van der Waals surface area contributed by atoms with Crippen LogP contribution in [0.5, 0.6) is 0 Å². The molecule has 52 valence electrons. The molecular formula is C3H5NO4S. The average molecular weight is 151 g/mol. The van der Waals surface area contributed by atoms with Gasteiger partial charge in [0.25, 0.3) is 0 Å². The Morgan fingerprint density at radius 1 is 1.67 bits per heavy atom. The second-order valence-corrected chi connectivity index (χ2v) is 2.77. The van der Waals surface area contributed by atoms with E-state index in [1.165, 1.54) is 0 Å². The number of rotatable bonds is 0. The molecule has 1 N–H and O–H groups in total. The molecule has 0 spiro atoms. The molecular weight excluding hydrogens is 146 g/mol. The highest BCUT2D eigenvalue weighted by atomic mass is 32.2. The third-order valence-corrected chi connectivity index (χ3v) is 1.47. The highest BCUT2D eigenvalue weighted by Crippen LogP contribution is 1.98. The predicted octanol–water partition coefficient (Wildman–Crippen LogP) is -0.740. The first kappa shape index (κ1) is 6.50. The summed E-state index contributed by atoms with van der Waals surface area (Å²) in [6.07, 6.45) is 0. The van der Waals surface area contributed by atoms with Gasteiger partial charge in [0.15, 0.2) is 0 Å². The van der Waals surface area contributed by atoms with Gasteiger partial charge in [-0.3, -0.25) is 4.55 Å². The molecule has 0 atom stereocenters. The Labute approximate surface area is 52.1 Å². The molecule has 6 heteroatoms. The summed E-state index contributed by atoms with van der Waals surface area (Å²) in [7, 11) is -4.17. The van der Waals surface area contributed by atoms with Crippen LogP contribution in [0.3, 0.4) is 0 Å². The first-order chi connectivity index (χ1) is 4.11. The maximum Gasteiger partial charge on any atom is 0.346 e. The Balaban J connectivity index is 2.87. The standard InChI is InChI=1S/C3H5NO4S/c5-9(6,7)3-4-1-2-8-3/h1-2H2,(H,5,6,7). The van der Waals surface area contributed by atoms with E-state index in [1.54, 1.807) is 0 Å². The Bertz CT molecular complexity index is 228. The van der Waals surface area contributed by atoms with Gasteiger partial charge in [0.2, 0.25) is 0 Å². The molecule has 1 rings (SSSR count). The van der Waals surface area contributed by atoms with Gasteiger partial charge in [-0.05, 0) is 0 Å². The molecule has 0 aromatic heterocycles. The Morgan fingerprint density at radius 3 is 2.56 bits per heavy atom. The lowest BCUT2D eigenvalue weighted by atomic mass is 10.8. The quantitative estimate of drug-likeness (QED) is 0.462. The highest BCUT2D eigenvalue weighted by Gasteiger charge is 2.20. The minimum atomic E-state index is -4.17. The van der Waals surface area contributed by atoms with Gasteiger partial charge in [0, 0.05) is 0 Å². The Hall–Kier alpha value is -0.620. The Morgan fingerprint density at radius 2 is 2.33 bits per heavy atom. The zero-order chi connectivity index (χ0) is 6.91. The van der Waals surface area contributed by atoms with Crippen molar-refractivity contribution in [3.8, 4) is 0 Å². The lowest BCUT2D eigenvalue weighted by Crippen LogP contribution is -2.12. The maximum atomic E-state index is 10.1. The van der Waals surface area contributed by atoms with E-state index in [0.29, 0.717) is 6.54 Å². The lowest BCUT2D eigenvalue weighted by molar-refractivity contribution is 0.348. The minimum absolute atomic E-state index is 0.231. The van der Waals surface area contributed by atoms with Crippen molar-refractivity contribution in [3.05, 3.63) is 0 Å². The van der Waals surface area contributed by atoms with Gasteiger partial charge in [0.1, 0.15) is 6.61 Å². The van der Waals surface area contributed by atoms with Crippen molar-refractivity contribution in [1.29, 1.82) is 0 Å². The zero-order valence-corrected chi connectivity index (χ0v) is 5.26. The van der Waals surface area contributed by atoms with Crippen LogP contribution in [0.25, 0.3) is 0 Å². The van der Waals surface area contributed by atoms with E-state index in [9.17, 15) is 8.42 Å². The summed E-state index contributed by atoms with van der Waals surface area (Å²) in [6, 6.07) is 0. The van der Waals surface area contributed by atoms with Crippen LogP contribution >= 0.6 is 0 Å². The fourth-order valence-corrected chi connectivity index (χ4v) is 0.958. The summed E-state index contributed by atoms with van der Waals surface area (Å²) in [5.41, 5.74) is 0. The molecule has 0 bridgehead atoms. The van der Waals surface area contributed by atoms with Crippen LogP contribution in [0.15, 0.2) is 4.99 Å². The van der Waals surface area contributed by atoms with Crippen LogP contribution in [-0.4, -0.2) is 31.4 Å². The van der Waals surface area contributed by atoms with E-state index in [0.717, 1.165) is 0 Å². The maximum absolute atomic E-state index is 10.1. The van der Waals surface area contributed by atoms with Crippen LogP contribution < -0.4 is 0 Å². The fraction of sp³-hybridized carbons (Fsp3) is 0.667. The largest absolute Gasteiger partial charge is 0.466 e. The Kier molecular flexibility index (Phi) is 1.42. The summed E-state index contributed by atoms with van der Waals surface area (Å²) in [5, 5.41) is -0.567. The number of hydrogen-bond acceptors (Lipinski definition) is 4. The topological polar surface area (TPSA) is 76.0 Å².